The molecule has 6 nitrogen and oxygen atoms in total. The molecule has 35 heavy (non-hydrogen) atoms. The number of aromatic nitrogens is 1. The van der Waals surface area contributed by atoms with Crippen LogP contribution in [0.4, 0.5) is 4.39 Å². The number of carbonyl (C=O) groups excluding carboxylic acids is 1. The molecule has 1 amide bonds. The van der Waals surface area contributed by atoms with Crippen LogP contribution < -0.4 is 0 Å². The van der Waals surface area contributed by atoms with Gasteiger partial charge in [-0.2, -0.15) is 0 Å². The zero-order valence-corrected chi connectivity index (χ0v) is 22.4. The summed E-state index contributed by atoms with van der Waals surface area (Å²) in [5.74, 6) is 0.0712. The van der Waals surface area contributed by atoms with Crippen molar-refractivity contribution in [1.82, 2.24) is 14.8 Å². The molecule has 1 aromatic heterocycles. The molecule has 4 rings (SSSR count). The number of hydrogen-bond acceptors (Lipinski definition) is 6. The molecular formula is C27H38FN3O3S. The predicted molar refractivity (Wildman–Crippen MR) is 139 cm³/mol. The van der Waals surface area contributed by atoms with Crippen LogP contribution in [0.3, 0.4) is 0 Å². The lowest BCUT2D eigenvalue weighted by molar-refractivity contribution is -0.128. The second kappa shape index (κ2) is 12.6. The third-order valence-corrected chi connectivity index (χ3v) is 7.53. The van der Waals surface area contributed by atoms with E-state index in [0.717, 1.165) is 43.0 Å². The van der Waals surface area contributed by atoms with Crippen LogP contribution in [-0.2, 0) is 16.0 Å². The van der Waals surface area contributed by atoms with E-state index in [1.54, 1.807) is 24.5 Å². The molecule has 2 aromatic rings. The normalized spacial score (nSPS) is 18.1. The summed E-state index contributed by atoms with van der Waals surface area (Å²) in [6, 6.07) is 5.21. The number of hydrogen-bond donors (Lipinski definition) is 0. The molecule has 0 atom stereocenters. The molecule has 1 spiro atoms. The molecule has 2 fully saturated rings. The van der Waals surface area contributed by atoms with Crippen molar-refractivity contribution in [3.63, 3.8) is 0 Å². The summed E-state index contributed by atoms with van der Waals surface area (Å²) in [7, 11) is 1.55. The highest BCUT2D eigenvalue weighted by Crippen LogP contribution is 2.32. The number of thiazole rings is 1. The van der Waals surface area contributed by atoms with Crippen LogP contribution in [-0.4, -0.2) is 66.2 Å². The van der Waals surface area contributed by atoms with Crippen LogP contribution >= 0.6 is 11.3 Å². The van der Waals surface area contributed by atoms with E-state index in [-0.39, 0.29) is 17.3 Å². The van der Waals surface area contributed by atoms with Gasteiger partial charge >= 0.3 is 0 Å². The average molecular weight is 504 g/mol. The van der Waals surface area contributed by atoms with Gasteiger partial charge in [0.05, 0.1) is 37.1 Å². The van der Waals surface area contributed by atoms with E-state index in [9.17, 15) is 9.18 Å². The fraction of sp³-hybridized carbons (Fsp3) is 0.556. The molecule has 3 heterocycles. The first-order valence-electron chi connectivity index (χ1n) is 12.5. The molecule has 1 aromatic carbocycles. The number of carbonyl (C=O) groups is 1. The number of ether oxygens (including phenoxy) is 2. The third-order valence-electron chi connectivity index (χ3n) is 6.39. The maximum absolute atomic E-state index is 14.0. The van der Waals surface area contributed by atoms with Crippen LogP contribution in [0, 0.1) is 5.82 Å². The van der Waals surface area contributed by atoms with Gasteiger partial charge in [0, 0.05) is 43.0 Å². The standard InChI is InChI=1S/C25H32FN3O3S.C2H6/c1-18(2)23-27-22(16-33-23)24(30)29-11-13-32-25(17-29)7-9-28(10-8-25)15-19-4-5-21(26)20(14-19)6-12-31-3;1-2/h4-6,12,14,16,18H,7-11,13,15,17H2,1-3H3;1-2H3/b12-6+;. The van der Waals surface area contributed by atoms with Gasteiger partial charge in [-0.05, 0) is 36.6 Å². The topological polar surface area (TPSA) is 54.9 Å². The van der Waals surface area contributed by atoms with Crippen molar-refractivity contribution >= 4 is 23.3 Å². The Kier molecular flexibility index (Phi) is 9.83. The van der Waals surface area contributed by atoms with E-state index in [1.165, 1.54) is 12.3 Å². The Bertz CT molecular complexity index is 999. The largest absolute Gasteiger partial charge is 0.504 e. The molecule has 0 aliphatic carbocycles. The lowest BCUT2D eigenvalue weighted by atomic mass is 9.89. The maximum atomic E-state index is 14.0. The first-order valence-corrected chi connectivity index (χ1v) is 13.4. The Balaban J connectivity index is 0.00000167. The highest BCUT2D eigenvalue weighted by atomic mass is 32.1. The van der Waals surface area contributed by atoms with Crippen molar-refractivity contribution in [2.75, 3.05) is 39.9 Å². The molecular weight excluding hydrogens is 465 g/mol. The van der Waals surface area contributed by atoms with Crippen LogP contribution in [0.5, 0.6) is 0 Å². The summed E-state index contributed by atoms with van der Waals surface area (Å²) >= 11 is 1.55. The Morgan fingerprint density at radius 2 is 2.03 bits per heavy atom. The lowest BCUT2D eigenvalue weighted by Gasteiger charge is -2.47. The van der Waals surface area contributed by atoms with Crippen LogP contribution in [0.15, 0.2) is 29.8 Å². The van der Waals surface area contributed by atoms with Crippen molar-refractivity contribution in [2.24, 2.45) is 0 Å². The fourth-order valence-corrected chi connectivity index (χ4v) is 5.28. The van der Waals surface area contributed by atoms with E-state index in [4.69, 9.17) is 9.47 Å². The average Bonchev–Trinajstić information content (AvgIpc) is 3.38. The number of morpholine rings is 1. The molecule has 192 valence electrons. The first kappa shape index (κ1) is 27.3. The number of likely N-dealkylation sites (tertiary alicyclic amines) is 1. The minimum atomic E-state index is -0.295. The van der Waals surface area contributed by atoms with Crippen molar-refractivity contribution < 1.29 is 18.7 Å². The van der Waals surface area contributed by atoms with Gasteiger partial charge < -0.3 is 14.4 Å². The molecule has 2 aliphatic heterocycles. The predicted octanol–water partition coefficient (Wildman–Crippen LogP) is 5.56. The number of amides is 1. The summed E-state index contributed by atoms with van der Waals surface area (Å²) in [5.41, 5.74) is 1.84. The van der Waals surface area contributed by atoms with E-state index in [0.29, 0.717) is 36.9 Å². The highest BCUT2D eigenvalue weighted by molar-refractivity contribution is 7.09. The number of methoxy groups -OCH3 is 1. The van der Waals surface area contributed by atoms with Crippen molar-refractivity contribution in [3.05, 3.63) is 57.5 Å². The van der Waals surface area contributed by atoms with Gasteiger partial charge in [-0.25, -0.2) is 9.37 Å². The third kappa shape index (κ3) is 6.90. The van der Waals surface area contributed by atoms with Crippen LogP contribution in [0.1, 0.15) is 73.1 Å². The second-order valence-corrected chi connectivity index (χ2v) is 10.0. The fourth-order valence-electron chi connectivity index (χ4n) is 4.47. The Morgan fingerprint density at radius 1 is 1.29 bits per heavy atom. The van der Waals surface area contributed by atoms with Gasteiger partial charge in [0.25, 0.3) is 5.91 Å². The first-order chi connectivity index (χ1) is 16.9. The Labute approximate surface area is 212 Å². The number of rotatable bonds is 6. The highest BCUT2D eigenvalue weighted by Gasteiger charge is 2.41. The van der Waals surface area contributed by atoms with Gasteiger partial charge in [0.2, 0.25) is 0 Å². The zero-order valence-electron chi connectivity index (χ0n) is 21.6. The monoisotopic (exact) mass is 503 g/mol. The van der Waals surface area contributed by atoms with Gasteiger partial charge in [0.1, 0.15) is 11.5 Å². The zero-order chi connectivity index (χ0) is 25.4. The number of benzene rings is 1. The molecule has 0 saturated carbocycles. The molecule has 0 radical (unpaired) electrons. The van der Waals surface area contributed by atoms with E-state index >= 15 is 0 Å². The molecule has 0 unspecified atom stereocenters. The minimum absolute atomic E-state index is 0.00575. The molecule has 0 bridgehead atoms. The molecule has 2 saturated heterocycles. The van der Waals surface area contributed by atoms with Crippen LogP contribution in [0.25, 0.3) is 6.08 Å². The van der Waals surface area contributed by atoms with Gasteiger partial charge in [-0.15, -0.1) is 11.3 Å². The van der Waals surface area contributed by atoms with Crippen molar-refractivity contribution in [2.45, 2.75) is 58.6 Å². The van der Waals surface area contributed by atoms with Crippen LogP contribution in [0.2, 0.25) is 0 Å². The lowest BCUT2D eigenvalue weighted by Crippen LogP contribution is -2.58. The maximum Gasteiger partial charge on any atom is 0.273 e. The molecule has 2 aliphatic rings. The summed E-state index contributed by atoms with van der Waals surface area (Å²) in [4.78, 5) is 21.9. The van der Waals surface area contributed by atoms with Crippen molar-refractivity contribution in [1.29, 1.82) is 0 Å². The van der Waals surface area contributed by atoms with E-state index in [1.807, 2.05) is 36.3 Å². The molecule has 0 N–H and O–H groups in total. The Morgan fingerprint density at radius 3 is 2.69 bits per heavy atom. The summed E-state index contributed by atoms with van der Waals surface area (Å²) in [6.07, 6.45) is 4.85. The minimum Gasteiger partial charge on any atom is -0.504 e. The van der Waals surface area contributed by atoms with E-state index < -0.39 is 0 Å². The van der Waals surface area contributed by atoms with Gasteiger partial charge in [0.15, 0.2) is 0 Å². The van der Waals surface area contributed by atoms with Crippen molar-refractivity contribution in [3.8, 4) is 0 Å². The number of piperidine rings is 1. The SMILES string of the molecule is CC.CO/C=C/c1cc(CN2CCC3(CC2)CN(C(=O)c2csc(C(C)C)n2)CCO3)ccc1F. The second-order valence-electron chi connectivity index (χ2n) is 9.15. The summed E-state index contributed by atoms with van der Waals surface area (Å²) in [5, 5.41) is 2.87. The summed E-state index contributed by atoms with van der Waals surface area (Å²) in [6.45, 7) is 12.4. The Hall–Kier alpha value is -2.29. The van der Waals surface area contributed by atoms with E-state index in [2.05, 4.69) is 23.7 Å². The smallest absolute Gasteiger partial charge is 0.273 e. The van der Waals surface area contributed by atoms with Gasteiger partial charge in [-0.1, -0.05) is 33.8 Å². The summed E-state index contributed by atoms with van der Waals surface area (Å²) < 4.78 is 25.2. The number of nitrogens with zero attached hydrogens (tertiary/aromatic N) is 3. The quantitative estimate of drug-likeness (QED) is 0.484. The molecule has 8 heteroatoms. The van der Waals surface area contributed by atoms with Gasteiger partial charge in [-0.3, -0.25) is 9.69 Å². The number of halogens is 1.